The fourth-order valence-electron chi connectivity index (χ4n) is 1.46. The number of hydrogen-bond donors (Lipinski definition) is 1. The van der Waals surface area contributed by atoms with Gasteiger partial charge in [-0.2, -0.15) is 0 Å². The molecule has 0 saturated heterocycles. The van der Waals surface area contributed by atoms with Crippen molar-refractivity contribution in [1.29, 1.82) is 0 Å². The normalized spacial score (nSPS) is 20.6. The first-order valence-corrected chi connectivity index (χ1v) is 3.66. The molecule has 1 aromatic rings. The molecule has 2 nitrogen and oxygen atoms in total. The summed E-state index contributed by atoms with van der Waals surface area (Å²) in [5.74, 6) is 0.325. The molecule has 1 atom stereocenters. The van der Waals surface area contributed by atoms with Crippen molar-refractivity contribution in [2.24, 2.45) is 0 Å². The maximum absolute atomic E-state index is 9.13. The molecule has 2 rings (SSSR count). The van der Waals surface area contributed by atoms with Crippen LogP contribution in [0.15, 0.2) is 18.2 Å². The number of methoxy groups -OCH3 is 1. The Kier molecular flexibility index (Phi) is 1.36. The van der Waals surface area contributed by atoms with Gasteiger partial charge < -0.3 is 9.84 Å². The molecule has 0 aliphatic heterocycles. The van der Waals surface area contributed by atoms with Gasteiger partial charge >= 0.3 is 0 Å². The Morgan fingerprint density at radius 2 is 2.36 bits per heavy atom. The summed E-state index contributed by atoms with van der Waals surface area (Å²) in [6.45, 7) is 0. The van der Waals surface area contributed by atoms with Gasteiger partial charge in [0.2, 0.25) is 0 Å². The molecule has 0 saturated carbocycles. The Balaban J connectivity index is 2.37. The fourth-order valence-corrected chi connectivity index (χ4v) is 1.46. The van der Waals surface area contributed by atoms with Crippen molar-refractivity contribution in [3.63, 3.8) is 0 Å². The second-order valence-corrected chi connectivity index (χ2v) is 2.81. The van der Waals surface area contributed by atoms with Crippen LogP contribution in [-0.4, -0.2) is 12.2 Å². The molecule has 0 spiro atoms. The van der Waals surface area contributed by atoms with Gasteiger partial charge in [-0.05, 0) is 23.3 Å². The molecule has 11 heavy (non-hydrogen) atoms. The monoisotopic (exact) mass is 150 g/mol. The van der Waals surface area contributed by atoms with E-state index in [2.05, 4.69) is 0 Å². The van der Waals surface area contributed by atoms with Crippen molar-refractivity contribution >= 4 is 0 Å². The summed E-state index contributed by atoms with van der Waals surface area (Å²) in [4.78, 5) is 0. The minimum Gasteiger partial charge on any atom is -0.508 e. The summed E-state index contributed by atoms with van der Waals surface area (Å²) in [6, 6.07) is 5.43. The van der Waals surface area contributed by atoms with Gasteiger partial charge in [0.15, 0.2) is 0 Å². The van der Waals surface area contributed by atoms with Crippen LogP contribution in [0.25, 0.3) is 0 Å². The van der Waals surface area contributed by atoms with Gasteiger partial charge in [0.1, 0.15) is 5.75 Å². The predicted molar refractivity (Wildman–Crippen MR) is 41.6 cm³/mol. The maximum Gasteiger partial charge on any atom is 0.115 e. The molecule has 0 fully saturated rings. The van der Waals surface area contributed by atoms with Gasteiger partial charge in [-0.15, -0.1) is 0 Å². The van der Waals surface area contributed by atoms with E-state index >= 15 is 0 Å². The molecule has 2 heteroatoms. The van der Waals surface area contributed by atoms with E-state index in [1.165, 1.54) is 5.56 Å². The van der Waals surface area contributed by atoms with Crippen LogP contribution >= 0.6 is 0 Å². The van der Waals surface area contributed by atoms with Crippen molar-refractivity contribution in [3.8, 4) is 5.75 Å². The zero-order valence-electron chi connectivity index (χ0n) is 6.37. The zero-order chi connectivity index (χ0) is 7.84. The maximum atomic E-state index is 9.13. The zero-order valence-corrected chi connectivity index (χ0v) is 6.37. The molecule has 0 bridgehead atoms. The van der Waals surface area contributed by atoms with Crippen LogP contribution in [-0.2, 0) is 11.2 Å². The first-order chi connectivity index (χ1) is 5.31. The molecule has 1 aliphatic carbocycles. The first kappa shape index (κ1) is 6.68. The van der Waals surface area contributed by atoms with Gasteiger partial charge in [0.05, 0.1) is 6.10 Å². The number of fused-ring (bicyclic) bond motifs is 1. The fraction of sp³-hybridized carbons (Fsp3) is 0.333. The van der Waals surface area contributed by atoms with Crippen LogP contribution < -0.4 is 0 Å². The summed E-state index contributed by atoms with van der Waals surface area (Å²) in [5, 5.41) is 9.13. The Labute approximate surface area is 65.4 Å². The lowest BCUT2D eigenvalue weighted by atomic mass is 9.85. The smallest absolute Gasteiger partial charge is 0.115 e. The standard InChI is InChI=1S/C9H10O2/c1-11-9-4-6-2-3-7(10)5-8(6)9/h2-3,5,9-10H,4H2,1H3. The van der Waals surface area contributed by atoms with E-state index in [4.69, 9.17) is 9.84 Å². The van der Waals surface area contributed by atoms with E-state index in [0.717, 1.165) is 12.0 Å². The predicted octanol–water partition coefficient (Wildman–Crippen LogP) is 1.64. The van der Waals surface area contributed by atoms with Crippen LogP contribution in [0.3, 0.4) is 0 Å². The molecule has 58 valence electrons. The van der Waals surface area contributed by atoms with Gasteiger partial charge in [-0.1, -0.05) is 6.07 Å². The lowest BCUT2D eigenvalue weighted by molar-refractivity contribution is 0.0842. The highest BCUT2D eigenvalue weighted by molar-refractivity contribution is 5.43. The van der Waals surface area contributed by atoms with Crippen LogP contribution in [0.4, 0.5) is 0 Å². The van der Waals surface area contributed by atoms with Crippen LogP contribution in [0.2, 0.25) is 0 Å². The SMILES string of the molecule is COC1Cc2ccc(O)cc21. The van der Waals surface area contributed by atoms with Gasteiger partial charge in [-0.3, -0.25) is 0 Å². The summed E-state index contributed by atoms with van der Waals surface area (Å²) in [5.41, 5.74) is 2.42. The molecule has 1 N–H and O–H groups in total. The number of rotatable bonds is 1. The molecule has 1 aromatic carbocycles. The average Bonchev–Trinajstić information content (AvgIpc) is 1.97. The number of ether oxygens (including phenoxy) is 1. The van der Waals surface area contributed by atoms with Gasteiger partial charge in [0.25, 0.3) is 0 Å². The van der Waals surface area contributed by atoms with Crippen LogP contribution in [0.1, 0.15) is 17.2 Å². The first-order valence-electron chi connectivity index (χ1n) is 3.66. The molecule has 0 radical (unpaired) electrons. The molecule has 1 unspecified atom stereocenters. The van der Waals surface area contributed by atoms with Crippen molar-refractivity contribution in [1.82, 2.24) is 0 Å². The highest BCUT2D eigenvalue weighted by Gasteiger charge is 2.25. The quantitative estimate of drug-likeness (QED) is 0.659. The topological polar surface area (TPSA) is 29.5 Å². The molecule has 1 aliphatic rings. The lowest BCUT2D eigenvalue weighted by Gasteiger charge is -2.28. The summed E-state index contributed by atoms with van der Waals surface area (Å²) >= 11 is 0. The van der Waals surface area contributed by atoms with Crippen molar-refractivity contribution in [3.05, 3.63) is 29.3 Å². The Hall–Kier alpha value is -1.02. The second-order valence-electron chi connectivity index (χ2n) is 2.81. The summed E-state index contributed by atoms with van der Waals surface area (Å²) in [7, 11) is 1.69. The number of hydrogen-bond acceptors (Lipinski definition) is 2. The van der Waals surface area contributed by atoms with Gasteiger partial charge in [0, 0.05) is 13.5 Å². The van der Waals surface area contributed by atoms with E-state index < -0.39 is 0 Å². The molecule has 0 aromatic heterocycles. The Bertz CT molecular complexity index is 281. The van der Waals surface area contributed by atoms with E-state index in [9.17, 15) is 0 Å². The van der Waals surface area contributed by atoms with E-state index in [1.807, 2.05) is 6.07 Å². The number of phenols is 1. The third-order valence-electron chi connectivity index (χ3n) is 2.17. The molecular formula is C9H10O2. The lowest BCUT2D eigenvalue weighted by Crippen LogP contribution is -2.17. The summed E-state index contributed by atoms with van der Waals surface area (Å²) in [6.07, 6.45) is 1.18. The Morgan fingerprint density at radius 1 is 1.55 bits per heavy atom. The van der Waals surface area contributed by atoms with Crippen molar-refractivity contribution in [2.75, 3.05) is 7.11 Å². The van der Waals surface area contributed by atoms with Gasteiger partial charge in [-0.25, -0.2) is 0 Å². The van der Waals surface area contributed by atoms with Crippen LogP contribution in [0, 0.1) is 0 Å². The summed E-state index contributed by atoms with van der Waals surface area (Å²) < 4.78 is 5.16. The molecule has 0 heterocycles. The van der Waals surface area contributed by atoms with Crippen LogP contribution in [0.5, 0.6) is 5.75 Å². The van der Waals surface area contributed by atoms with E-state index in [1.54, 1.807) is 19.2 Å². The minimum absolute atomic E-state index is 0.206. The third-order valence-corrected chi connectivity index (χ3v) is 2.17. The number of phenolic OH excluding ortho intramolecular Hbond substituents is 1. The highest BCUT2D eigenvalue weighted by atomic mass is 16.5. The highest BCUT2D eigenvalue weighted by Crippen LogP contribution is 2.37. The largest absolute Gasteiger partial charge is 0.508 e. The number of benzene rings is 1. The van der Waals surface area contributed by atoms with E-state index in [-0.39, 0.29) is 6.10 Å². The van der Waals surface area contributed by atoms with Crippen molar-refractivity contribution in [2.45, 2.75) is 12.5 Å². The van der Waals surface area contributed by atoms with Crippen molar-refractivity contribution < 1.29 is 9.84 Å². The minimum atomic E-state index is 0.206. The molecular weight excluding hydrogens is 140 g/mol. The third kappa shape index (κ3) is 0.906. The van der Waals surface area contributed by atoms with E-state index in [0.29, 0.717) is 5.75 Å². The number of aromatic hydroxyl groups is 1. The second kappa shape index (κ2) is 2.24. The average molecular weight is 150 g/mol. The molecule has 0 amide bonds. The Morgan fingerprint density at radius 3 is 3.09 bits per heavy atom.